The zero-order valence-electron chi connectivity index (χ0n) is 21.7. The number of allylic oxidation sites excluding steroid dienone is 4. The maximum atomic E-state index is 13.3. The van der Waals surface area contributed by atoms with Gasteiger partial charge < -0.3 is 15.0 Å². The summed E-state index contributed by atoms with van der Waals surface area (Å²) < 4.78 is 45.1. The highest BCUT2D eigenvalue weighted by Gasteiger charge is 2.33. The van der Waals surface area contributed by atoms with E-state index in [2.05, 4.69) is 15.3 Å². The molecule has 5 rings (SSSR count). The molecule has 1 aliphatic heterocycles. The number of amides is 2. The molecule has 0 radical (unpaired) electrons. The third-order valence-electron chi connectivity index (χ3n) is 6.84. The van der Waals surface area contributed by atoms with Gasteiger partial charge in [0.25, 0.3) is 17.7 Å². The molecule has 3 heterocycles. The number of rotatable bonds is 7. The van der Waals surface area contributed by atoms with E-state index in [1.165, 1.54) is 60.9 Å². The molecule has 210 valence electrons. The van der Waals surface area contributed by atoms with Gasteiger partial charge in [-0.2, -0.15) is 8.78 Å². The summed E-state index contributed by atoms with van der Waals surface area (Å²) in [6.07, 6.45) is 7.56. The number of aromatic nitrogens is 2. The summed E-state index contributed by atoms with van der Waals surface area (Å²) >= 11 is 0. The number of alkyl halides is 2. The fraction of sp³-hybridized carbons (Fsp3) is 0.233. The smallest absolute Gasteiger partial charge is 0.284 e. The molecule has 2 amide bonds. The van der Waals surface area contributed by atoms with E-state index < -0.39 is 17.7 Å². The molecule has 1 N–H and O–H groups in total. The zero-order valence-corrected chi connectivity index (χ0v) is 21.7. The van der Waals surface area contributed by atoms with Crippen LogP contribution >= 0.6 is 0 Å². The van der Waals surface area contributed by atoms with Crippen LogP contribution in [0.4, 0.5) is 18.9 Å². The fourth-order valence-corrected chi connectivity index (χ4v) is 4.58. The SMILES string of the molecule is O=C(Nc1ccc(Oc2ccc(F)cc2)nc1)c1ccc(C(=O)N2CCC(C(=O)C3C=CC(F)(F)C=C3)CC2)cn1. The lowest BCUT2D eigenvalue weighted by Gasteiger charge is -2.32. The van der Waals surface area contributed by atoms with E-state index >= 15 is 0 Å². The second kappa shape index (κ2) is 11.7. The molecule has 0 unspecified atom stereocenters. The first-order chi connectivity index (χ1) is 19.7. The number of hydrogen-bond donors (Lipinski definition) is 1. The van der Waals surface area contributed by atoms with Gasteiger partial charge in [-0.15, -0.1) is 0 Å². The molecule has 11 heteroatoms. The summed E-state index contributed by atoms with van der Waals surface area (Å²) in [5, 5.41) is 2.67. The summed E-state index contributed by atoms with van der Waals surface area (Å²) in [6.45, 7) is 0.698. The van der Waals surface area contributed by atoms with Crippen LogP contribution in [0.1, 0.15) is 33.7 Å². The van der Waals surface area contributed by atoms with Crippen LogP contribution in [0, 0.1) is 17.7 Å². The predicted octanol–water partition coefficient (Wildman–Crippen LogP) is 5.46. The highest BCUT2D eigenvalue weighted by molar-refractivity contribution is 6.03. The van der Waals surface area contributed by atoms with Crippen LogP contribution < -0.4 is 10.1 Å². The minimum atomic E-state index is -3.03. The van der Waals surface area contributed by atoms with Crippen LogP contribution in [-0.4, -0.2) is 51.5 Å². The minimum absolute atomic E-state index is 0.0941. The van der Waals surface area contributed by atoms with Crippen molar-refractivity contribution in [2.45, 2.75) is 18.8 Å². The van der Waals surface area contributed by atoms with Crippen LogP contribution in [0.25, 0.3) is 0 Å². The van der Waals surface area contributed by atoms with Gasteiger partial charge in [-0.1, -0.05) is 12.2 Å². The number of nitrogens with zero attached hydrogens (tertiary/aromatic N) is 3. The number of halogens is 3. The van der Waals surface area contributed by atoms with Crippen LogP contribution in [0.5, 0.6) is 11.6 Å². The van der Waals surface area contributed by atoms with E-state index in [0.29, 0.717) is 42.9 Å². The summed E-state index contributed by atoms with van der Waals surface area (Å²) in [6, 6.07) is 11.6. The molecule has 1 saturated heterocycles. The molecule has 41 heavy (non-hydrogen) atoms. The Morgan fingerprint density at radius 2 is 1.61 bits per heavy atom. The van der Waals surface area contributed by atoms with Crippen molar-refractivity contribution in [2.75, 3.05) is 18.4 Å². The normalized spacial score (nSPS) is 16.8. The molecular formula is C30H25F3N4O4. The summed E-state index contributed by atoms with van der Waals surface area (Å²) in [7, 11) is 0. The van der Waals surface area contributed by atoms with Gasteiger partial charge >= 0.3 is 0 Å². The van der Waals surface area contributed by atoms with E-state index in [1.54, 1.807) is 17.0 Å². The van der Waals surface area contributed by atoms with Crippen molar-refractivity contribution < 1.29 is 32.3 Å². The number of ether oxygens (including phenoxy) is 1. The number of carbonyl (C=O) groups is 3. The quantitative estimate of drug-likeness (QED) is 0.384. The van der Waals surface area contributed by atoms with Gasteiger partial charge in [0.1, 0.15) is 23.0 Å². The molecule has 0 atom stereocenters. The maximum absolute atomic E-state index is 13.3. The molecule has 1 fully saturated rings. The van der Waals surface area contributed by atoms with Crippen molar-refractivity contribution in [3.05, 3.63) is 102 Å². The van der Waals surface area contributed by atoms with E-state index in [4.69, 9.17) is 4.74 Å². The molecule has 0 saturated carbocycles. The number of carbonyl (C=O) groups excluding carboxylic acids is 3. The average molecular weight is 563 g/mol. The number of hydrogen-bond acceptors (Lipinski definition) is 6. The third-order valence-corrected chi connectivity index (χ3v) is 6.84. The van der Waals surface area contributed by atoms with E-state index in [1.807, 2.05) is 0 Å². The number of ketones is 1. The maximum Gasteiger partial charge on any atom is 0.284 e. The molecule has 1 aromatic carbocycles. The number of nitrogens with one attached hydrogen (secondary N) is 1. The molecule has 0 bridgehead atoms. The number of likely N-dealkylation sites (tertiary alicyclic amines) is 1. The first kappa shape index (κ1) is 27.8. The fourth-order valence-electron chi connectivity index (χ4n) is 4.58. The van der Waals surface area contributed by atoms with Crippen LogP contribution in [0.2, 0.25) is 0 Å². The topological polar surface area (TPSA) is 101 Å². The Bertz CT molecular complexity index is 1470. The molecular weight excluding hydrogens is 537 g/mol. The van der Waals surface area contributed by atoms with Crippen LogP contribution in [0.15, 0.2) is 85.2 Å². The number of Topliss-reactive ketones (excluding diaryl/α,β-unsaturated/α-hetero) is 1. The summed E-state index contributed by atoms with van der Waals surface area (Å²) in [5.41, 5.74) is 0.793. The third kappa shape index (κ3) is 6.86. The Morgan fingerprint density at radius 1 is 0.902 bits per heavy atom. The van der Waals surface area contributed by atoms with Crippen molar-refractivity contribution >= 4 is 23.3 Å². The van der Waals surface area contributed by atoms with Gasteiger partial charge in [0.05, 0.1) is 23.4 Å². The van der Waals surface area contributed by atoms with Gasteiger partial charge in [0.2, 0.25) is 5.88 Å². The average Bonchev–Trinajstić information content (AvgIpc) is 2.99. The lowest BCUT2D eigenvalue weighted by molar-refractivity contribution is -0.125. The van der Waals surface area contributed by atoms with Gasteiger partial charge in [-0.3, -0.25) is 19.4 Å². The second-order valence-corrected chi connectivity index (χ2v) is 9.71. The predicted molar refractivity (Wildman–Crippen MR) is 143 cm³/mol. The van der Waals surface area contributed by atoms with E-state index in [0.717, 1.165) is 12.2 Å². The van der Waals surface area contributed by atoms with Crippen molar-refractivity contribution in [1.29, 1.82) is 0 Å². The van der Waals surface area contributed by atoms with Gasteiger partial charge in [-0.05, 0) is 67.5 Å². The summed E-state index contributed by atoms with van der Waals surface area (Å²) in [4.78, 5) is 48.2. The zero-order chi connectivity index (χ0) is 29.0. The van der Waals surface area contributed by atoms with Crippen molar-refractivity contribution in [2.24, 2.45) is 11.8 Å². The van der Waals surface area contributed by atoms with E-state index in [9.17, 15) is 27.6 Å². The molecule has 2 aliphatic rings. The Balaban J connectivity index is 1.11. The largest absolute Gasteiger partial charge is 0.439 e. The molecule has 8 nitrogen and oxygen atoms in total. The van der Waals surface area contributed by atoms with Crippen molar-refractivity contribution in [3.8, 4) is 11.6 Å². The first-order valence-electron chi connectivity index (χ1n) is 12.9. The monoisotopic (exact) mass is 562 g/mol. The molecule has 0 spiro atoms. The highest BCUT2D eigenvalue weighted by atomic mass is 19.3. The van der Waals surface area contributed by atoms with Crippen molar-refractivity contribution in [1.82, 2.24) is 14.9 Å². The standard InChI is InChI=1S/C30H25F3N4O4/c31-22-2-5-24(6-3-22)41-26-8-4-23(18-35-26)36-28(39)25-7-1-21(17-34-25)29(40)37-15-11-20(12-16-37)27(38)19-9-13-30(32,33)14-10-19/h1-10,13-14,17-20H,11-12,15-16H2,(H,36,39). The number of pyridine rings is 2. The van der Waals surface area contributed by atoms with Crippen LogP contribution in [-0.2, 0) is 4.79 Å². The van der Waals surface area contributed by atoms with Gasteiger partial charge in [0.15, 0.2) is 0 Å². The van der Waals surface area contributed by atoms with Gasteiger partial charge in [0, 0.05) is 31.3 Å². The Labute approximate surface area is 233 Å². The van der Waals surface area contributed by atoms with Crippen LogP contribution in [0.3, 0.4) is 0 Å². The lowest BCUT2D eigenvalue weighted by Crippen LogP contribution is -2.41. The molecule has 2 aromatic heterocycles. The Kier molecular flexibility index (Phi) is 7.95. The highest BCUT2D eigenvalue weighted by Crippen LogP contribution is 2.29. The Morgan fingerprint density at radius 3 is 2.22 bits per heavy atom. The minimum Gasteiger partial charge on any atom is -0.439 e. The van der Waals surface area contributed by atoms with E-state index in [-0.39, 0.29) is 35.0 Å². The molecule has 1 aliphatic carbocycles. The summed E-state index contributed by atoms with van der Waals surface area (Å²) in [5.74, 6) is -4.61. The number of benzene rings is 1. The molecule has 3 aromatic rings. The second-order valence-electron chi connectivity index (χ2n) is 9.71. The van der Waals surface area contributed by atoms with Gasteiger partial charge in [-0.25, -0.2) is 9.37 Å². The lowest BCUT2D eigenvalue weighted by atomic mass is 9.84. The Hall–Kier alpha value is -4.80. The van der Waals surface area contributed by atoms with Crippen molar-refractivity contribution in [3.63, 3.8) is 0 Å². The number of anilines is 1. The first-order valence-corrected chi connectivity index (χ1v) is 12.9. The number of piperidine rings is 1.